The van der Waals surface area contributed by atoms with Crippen LogP contribution in [0.1, 0.15) is 0 Å². The number of benzene rings is 2. The molecule has 104 valence electrons. The average Bonchev–Trinajstić information content (AvgIpc) is 2.36. The van der Waals surface area contributed by atoms with E-state index in [4.69, 9.17) is 9.47 Å². The molecule has 0 fully saturated rings. The summed E-state index contributed by atoms with van der Waals surface area (Å²) >= 11 is 4.64. The first-order valence-electron chi connectivity index (χ1n) is 5.25. The van der Waals surface area contributed by atoms with Crippen LogP contribution in [0.15, 0.2) is 36.4 Å². The summed E-state index contributed by atoms with van der Waals surface area (Å²) in [5.41, 5.74) is 0. The smallest absolute Gasteiger partial charge is 0.363 e. The van der Waals surface area contributed by atoms with Crippen LogP contribution in [0.25, 0.3) is 0 Å². The SMILES string of the molecule is Fc1ccc(OC(=S)Oc2ccc(F)cc2F)c(F)c1. The van der Waals surface area contributed by atoms with Crippen molar-refractivity contribution in [2.75, 3.05) is 0 Å². The summed E-state index contributed by atoms with van der Waals surface area (Å²) in [6.45, 7) is 0. The van der Waals surface area contributed by atoms with E-state index in [0.717, 1.165) is 24.3 Å². The monoisotopic (exact) mass is 302 g/mol. The molecular weight excluding hydrogens is 296 g/mol. The Labute approximate surface area is 116 Å². The first-order valence-corrected chi connectivity index (χ1v) is 5.66. The Bertz CT molecular complexity index is 605. The molecular formula is C13H6F4O2S. The van der Waals surface area contributed by atoms with E-state index in [1.165, 1.54) is 0 Å². The van der Waals surface area contributed by atoms with Crippen molar-refractivity contribution in [3.8, 4) is 11.5 Å². The number of rotatable bonds is 2. The topological polar surface area (TPSA) is 18.5 Å². The molecule has 2 rings (SSSR count). The van der Waals surface area contributed by atoms with Gasteiger partial charge in [0, 0.05) is 24.4 Å². The van der Waals surface area contributed by atoms with Crippen LogP contribution in [0.3, 0.4) is 0 Å². The molecule has 0 heterocycles. The second kappa shape index (κ2) is 5.87. The molecule has 0 saturated carbocycles. The van der Waals surface area contributed by atoms with Gasteiger partial charge in [-0.05, 0) is 24.3 Å². The van der Waals surface area contributed by atoms with E-state index in [2.05, 4.69) is 12.2 Å². The van der Waals surface area contributed by atoms with E-state index in [-0.39, 0.29) is 11.5 Å². The highest BCUT2D eigenvalue weighted by molar-refractivity contribution is 7.79. The summed E-state index contributed by atoms with van der Waals surface area (Å²) in [6, 6.07) is 5.11. The fourth-order valence-corrected chi connectivity index (χ4v) is 1.50. The highest BCUT2D eigenvalue weighted by Crippen LogP contribution is 2.21. The quantitative estimate of drug-likeness (QED) is 0.617. The first kappa shape index (κ1) is 14.3. The van der Waals surface area contributed by atoms with Crippen molar-refractivity contribution in [1.29, 1.82) is 0 Å². The number of hydrogen-bond donors (Lipinski definition) is 0. The molecule has 0 amide bonds. The van der Waals surface area contributed by atoms with Gasteiger partial charge in [-0.25, -0.2) is 17.6 Å². The zero-order valence-corrected chi connectivity index (χ0v) is 10.5. The summed E-state index contributed by atoms with van der Waals surface area (Å²) in [5.74, 6) is -4.30. The van der Waals surface area contributed by atoms with Crippen molar-refractivity contribution in [3.05, 3.63) is 59.7 Å². The minimum absolute atomic E-state index is 0.376. The largest absolute Gasteiger partial charge is 0.414 e. The fraction of sp³-hybridized carbons (Fsp3) is 0. The minimum atomic E-state index is -0.990. The van der Waals surface area contributed by atoms with E-state index in [9.17, 15) is 17.6 Å². The van der Waals surface area contributed by atoms with Gasteiger partial charge in [0.1, 0.15) is 11.6 Å². The Kier molecular flexibility index (Phi) is 4.19. The molecule has 0 unspecified atom stereocenters. The van der Waals surface area contributed by atoms with Crippen molar-refractivity contribution in [3.63, 3.8) is 0 Å². The summed E-state index contributed by atoms with van der Waals surface area (Å²) < 4.78 is 61.5. The predicted molar refractivity (Wildman–Crippen MR) is 66.6 cm³/mol. The third-order valence-corrected chi connectivity index (χ3v) is 2.34. The first-order chi connectivity index (χ1) is 9.45. The van der Waals surface area contributed by atoms with Gasteiger partial charge in [0.2, 0.25) is 0 Å². The number of thiocarbonyl (C=S) groups is 1. The lowest BCUT2D eigenvalue weighted by Crippen LogP contribution is -2.15. The lowest BCUT2D eigenvalue weighted by molar-refractivity contribution is 0.372. The van der Waals surface area contributed by atoms with Crippen LogP contribution in [-0.2, 0) is 0 Å². The van der Waals surface area contributed by atoms with Crippen molar-refractivity contribution < 1.29 is 27.0 Å². The van der Waals surface area contributed by atoms with Crippen LogP contribution in [0.2, 0.25) is 0 Å². The summed E-state index contributed by atoms with van der Waals surface area (Å²) in [6.07, 6.45) is 0. The van der Waals surface area contributed by atoms with E-state index in [1.54, 1.807) is 0 Å². The molecule has 0 bridgehead atoms. The lowest BCUT2D eigenvalue weighted by Gasteiger charge is -2.09. The number of halogens is 4. The van der Waals surface area contributed by atoms with Crippen LogP contribution in [0.5, 0.6) is 11.5 Å². The van der Waals surface area contributed by atoms with Gasteiger partial charge < -0.3 is 9.47 Å². The molecule has 0 aliphatic heterocycles. The Morgan fingerprint density at radius 1 is 0.750 bits per heavy atom. The normalized spacial score (nSPS) is 10.2. The molecule has 0 N–H and O–H groups in total. The van der Waals surface area contributed by atoms with E-state index in [1.807, 2.05) is 0 Å². The summed E-state index contributed by atoms with van der Waals surface area (Å²) in [4.78, 5) is 0. The lowest BCUT2D eigenvalue weighted by atomic mass is 10.3. The molecule has 0 radical (unpaired) electrons. The van der Waals surface area contributed by atoms with Gasteiger partial charge in [0.05, 0.1) is 0 Å². The third-order valence-electron chi connectivity index (χ3n) is 2.17. The van der Waals surface area contributed by atoms with Crippen LogP contribution in [0, 0.1) is 23.3 Å². The summed E-state index contributed by atoms with van der Waals surface area (Å²) in [7, 11) is 0. The maximum atomic E-state index is 13.3. The second-order valence-electron chi connectivity index (χ2n) is 3.60. The molecule has 0 saturated heterocycles. The van der Waals surface area contributed by atoms with Crippen LogP contribution in [0.4, 0.5) is 17.6 Å². The van der Waals surface area contributed by atoms with Gasteiger partial charge in [-0.1, -0.05) is 0 Å². The summed E-state index contributed by atoms with van der Waals surface area (Å²) in [5, 5.41) is -0.610. The van der Waals surface area contributed by atoms with Crippen molar-refractivity contribution >= 4 is 17.5 Å². The van der Waals surface area contributed by atoms with Gasteiger partial charge in [-0.3, -0.25) is 0 Å². The Balaban J connectivity index is 2.09. The van der Waals surface area contributed by atoms with Crippen LogP contribution >= 0.6 is 12.2 Å². The Morgan fingerprint density at radius 3 is 1.50 bits per heavy atom. The van der Waals surface area contributed by atoms with E-state index < -0.39 is 28.5 Å². The molecule has 0 atom stereocenters. The van der Waals surface area contributed by atoms with Crippen molar-refractivity contribution in [2.45, 2.75) is 0 Å². The zero-order chi connectivity index (χ0) is 14.7. The van der Waals surface area contributed by atoms with Crippen LogP contribution in [-0.4, -0.2) is 5.24 Å². The van der Waals surface area contributed by atoms with Gasteiger partial charge in [-0.2, -0.15) is 0 Å². The maximum absolute atomic E-state index is 13.3. The standard InChI is InChI=1S/C13H6F4O2S/c14-7-1-3-11(9(16)5-7)18-13(20)19-12-4-2-8(15)6-10(12)17/h1-6H. The van der Waals surface area contributed by atoms with Crippen molar-refractivity contribution in [2.24, 2.45) is 0 Å². The van der Waals surface area contributed by atoms with Gasteiger partial charge in [-0.15, -0.1) is 0 Å². The second-order valence-corrected chi connectivity index (χ2v) is 3.94. The van der Waals surface area contributed by atoms with Gasteiger partial charge in [0.25, 0.3) is 0 Å². The molecule has 0 aromatic heterocycles. The van der Waals surface area contributed by atoms with Gasteiger partial charge in [0.15, 0.2) is 23.1 Å². The third kappa shape index (κ3) is 3.45. The maximum Gasteiger partial charge on any atom is 0.363 e. The van der Waals surface area contributed by atoms with Crippen molar-refractivity contribution in [1.82, 2.24) is 0 Å². The highest BCUT2D eigenvalue weighted by Gasteiger charge is 2.12. The highest BCUT2D eigenvalue weighted by atomic mass is 32.1. The van der Waals surface area contributed by atoms with Gasteiger partial charge >= 0.3 is 5.24 Å². The average molecular weight is 302 g/mol. The minimum Gasteiger partial charge on any atom is -0.414 e. The predicted octanol–water partition coefficient (Wildman–Crippen LogP) is 3.99. The van der Waals surface area contributed by atoms with Crippen LogP contribution < -0.4 is 9.47 Å². The molecule has 2 nitrogen and oxygen atoms in total. The fourth-order valence-electron chi connectivity index (χ4n) is 1.32. The van der Waals surface area contributed by atoms with E-state index >= 15 is 0 Å². The molecule has 20 heavy (non-hydrogen) atoms. The molecule has 2 aromatic rings. The Hall–Kier alpha value is -2.15. The molecule has 7 heteroatoms. The van der Waals surface area contributed by atoms with E-state index in [0.29, 0.717) is 12.1 Å². The molecule has 0 aliphatic carbocycles. The molecule has 2 aromatic carbocycles. The Morgan fingerprint density at radius 2 is 1.15 bits per heavy atom. The number of hydrogen-bond acceptors (Lipinski definition) is 3. The molecule has 0 aliphatic rings. The number of ether oxygens (including phenoxy) is 2. The zero-order valence-electron chi connectivity index (χ0n) is 9.70. The molecule has 0 spiro atoms.